The Kier molecular flexibility index (Phi) is 8.18. The number of amides is 2. The maximum Gasteiger partial charge on any atom is 0.328 e. The minimum Gasteiger partial charge on any atom is -0.493 e. The molecule has 1 aliphatic heterocycles. The van der Waals surface area contributed by atoms with Crippen LogP contribution in [0.1, 0.15) is 18.1 Å². The number of rotatable bonds is 7. The molecule has 0 radical (unpaired) electrons. The van der Waals surface area contributed by atoms with Gasteiger partial charge in [0.1, 0.15) is 12.6 Å². The van der Waals surface area contributed by atoms with Crippen molar-refractivity contribution in [2.24, 2.45) is 0 Å². The van der Waals surface area contributed by atoms with E-state index < -0.39 is 23.2 Å². The highest BCUT2D eigenvalue weighted by Gasteiger charge is 2.41. The number of ether oxygens (including phenoxy) is 3. The molecule has 1 heterocycles. The van der Waals surface area contributed by atoms with Crippen molar-refractivity contribution in [1.82, 2.24) is 4.90 Å². The molecule has 1 saturated heterocycles. The number of imide groups is 1. The minimum atomic E-state index is -1.04. The van der Waals surface area contributed by atoms with Crippen LogP contribution in [-0.4, -0.2) is 42.3 Å². The summed E-state index contributed by atoms with van der Waals surface area (Å²) in [4.78, 5) is 37.7. The van der Waals surface area contributed by atoms with Gasteiger partial charge in [-0.2, -0.15) is 0 Å². The van der Waals surface area contributed by atoms with Crippen molar-refractivity contribution in [3.63, 3.8) is 0 Å². The molecule has 0 N–H and O–H groups in total. The summed E-state index contributed by atoms with van der Waals surface area (Å²) in [7, 11) is 2.64. The number of thioether (sulfide) groups is 1. The minimum absolute atomic E-state index is 0.137. The average molecular weight is 531 g/mol. The van der Waals surface area contributed by atoms with Crippen molar-refractivity contribution < 1.29 is 28.6 Å². The second-order valence-corrected chi connectivity index (χ2v) is 9.04. The Balaban J connectivity index is 1.83. The lowest BCUT2D eigenvalue weighted by atomic mass is 10.1. The Hall–Kier alpha value is -2.39. The number of esters is 1. The zero-order valence-corrected chi connectivity index (χ0v) is 20.8. The van der Waals surface area contributed by atoms with Gasteiger partial charge in [0, 0.05) is 0 Å². The number of hydrogen-bond donors (Lipinski definition) is 0. The molecule has 2 aromatic carbocycles. The number of carbonyl (C=O) groups excluding carboxylic acids is 3. The van der Waals surface area contributed by atoms with E-state index >= 15 is 0 Å². The molecule has 2 aromatic rings. The molecule has 11 heteroatoms. The lowest BCUT2D eigenvalue weighted by molar-refractivity contribution is -0.148. The number of benzene rings is 2. The van der Waals surface area contributed by atoms with Gasteiger partial charge in [0.2, 0.25) is 0 Å². The molecule has 0 aliphatic carbocycles. The van der Waals surface area contributed by atoms with Gasteiger partial charge in [0.25, 0.3) is 11.1 Å². The largest absolute Gasteiger partial charge is 0.493 e. The fourth-order valence-corrected chi connectivity index (χ4v) is 4.49. The average Bonchev–Trinajstić information content (AvgIpc) is 3.06. The topological polar surface area (TPSA) is 82.1 Å². The van der Waals surface area contributed by atoms with E-state index in [0.29, 0.717) is 27.1 Å². The molecule has 7 nitrogen and oxygen atoms in total. The summed E-state index contributed by atoms with van der Waals surface area (Å²) in [5.41, 5.74) is 1.29. The lowest BCUT2D eigenvalue weighted by Crippen LogP contribution is -2.42. The van der Waals surface area contributed by atoms with Crippen LogP contribution in [0.4, 0.5) is 4.79 Å². The summed E-state index contributed by atoms with van der Waals surface area (Å²) < 4.78 is 15.9. The fraction of sp³-hybridized carbons (Fsp3) is 0.227. The van der Waals surface area contributed by atoms with Gasteiger partial charge in [0.05, 0.1) is 34.2 Å². The van der Waals surface area contributed by atoms with Gasteiger partial charge < -0.3 is 14.2 Å². The quantitative estimate of drug-likeness (QED) is 0.329. The van der Waals surface area contributed by atoms with E-state index in [1.165, 1.54) is 27.2 Å². The molecule has 0 saturated carbocycles. The van der Waals surface area contributed by atoms with Crippen LogP contribution in [0.2, 0.25) is 15.1 Å². The molecule has 2 amide bonds. The summed E-state index contributed by atoms with van der Waals surface area (Å²) in [5, 5.41) is 0.513. The molecule has 33 heavy (non-hydrogen) atoms. The van der Waals surface area contributed by atoms with Crippen molar-refractivity contribution in [2.75, 3.05) is 14.2 Å². The molecular weight excluding hydrogens is 513 g/mol. The van der Waals surface area contributed by atoms with Gasteiger partial charge in [-0.05, 0) is 60.2 Å². The van der Waals surface area contributed by atoms with E-state index in [2.05, 4.69) is 4.74 Å². The van der Waals surface area contributed by atoms with Crippen LogP contribution < -0.4 is 9.47 Å². The predicted molar refractivity (Wildman–Crippen MR) is 128 cm³/mol. The van der Waals surface area contributed by atoms with Crippen LogP contribution >= 0.6 is 46.6 Å². The Morgan fingerprint density at radius 1 is 1.09 bits per heavy atom. The van der Waals surface area contributed by atoms with Gasteiger partial charge in [-0.3, -0.25) is 14.5 Å². The Morgan fingerprint density at radius 2 is 1.82 bits per heavy atom. The van der Waals surface area contributed by atoms with E-state index in [4.69, 9.17) is 44.3 Å². The first kappa shape index (κ1) is 25.2. The third kappa shape index (κ3) is 5.58. The fourth-order valence-electron chi connectivity index (χ4n) is 2.99. The summed E-state index contributed by atoms with van der Waals surface area (Å²) in [6, 6.07) is 7.28. The van der Waals surface area contributed by atoms with Gasteiger partial charge in [-0.15, -0.1) is 0 Å². The zero-order chi connectivity index (χ0) is 24.3. The molecule has 0 spiro atoms. The Morgan fingerprint density at radius 3 is 2.45 bits per heavy atom. The van der Waals surface area contributed by atoms with Gasteiger partial charge in [-0.25, -0.2) is 4.79 Å². The van der Waals surface area contributed by atoms with Crippen LogP contribution in [-0.2, 0) is 20.9 Å². The molecule has 1 fully saturated rings. The number of carbonyl (C=O) groups is 3. The number of nitrogens with zero attached hydrogens (tertiary/aromatic N) is 1. The van der Waals surface area contributed by atoms with Gasteiger partial charge in [0.15, 0.2) is 11.5 Å². The van der Waals surface area contributed by atoms with Crippen LogP contribution in [0.3, 0.4) is 0 Å². The van der Waals surface area contributed by atoms with Crippen molar-refractivity contribution in [2.45, 2.75) is 19.6 Å². The summed E-state index contributed by atoms with van der Waals surface area (Å²) in [5.74, 6) is -0.657. The number of methoxy groups -OCH3 is 2. The Bertz CT molecular complexity index is 1150. The predicted octanol–water partition coefficient (Wildman–Crippen LogP) is 5.83. The molecule has 0 bridgehead atoms. The summed E-state index contributed by atoms with van der Waals surface area (Å²) in [6.07, 6.45) is 1.49. The van der Waals surface area contributed by atoms with E-state index in [0.717, 1.165) is 22.2 Å². The van der Waals surface area contributed by atoms with Crippen molar-refractivity contribution >= 4 is 69.8 Å². The first-order chi connectivity index (χ1) is 15.7. The normalized spacial score (nSPS) is 15.7. The molecule has 174 valence electrons. The van der Waals surface area contributed by atoms with E-state index in [-0.39, 0.29) is 16.5 Å². The maximum absolute atomic E-state index is 12.7. The number of halogens is 3. The van der Waals surface area contributed by atoms with E-state index in [1.807, 2.05) is 0 Å². The van der Waals surface area contributed by atoms with E-state index in [1.54, 1.807) is 30.3 Å². The SMILES string of the molecule is COC(=O)[C@@H](C)N1C(=O)S/C(=C/c2cc(Cl)c(OCc3ccc(Cl)c(Cl)c3)c(OC)c2)C1=O. The van der Waals surface area contributed by atoms with Crippen LogP contribution in [0.15, 0.2) is 35.2 Å². The standard InChI is InChI=1S/C22H18Cl3NO6S/c1-11(21(28)31-3)26-20(27)18(33-22(26)29)9-13-7-16(25)19(17(8-13)30-2)32-10-12-4-5-14(23)15(24)6-12/h4-9,11H,10H2,1-3H3/b18-9+/t11-/m1/s1. The Labute approximate surface area is 209 Å². The first-order valence-corrected chi connectivity index (χ1v) is 11.4. The van der Waals surface area contributed by atoms with Crippen LogP contribution in [0, 0.1) is 0 Å². The van der Waals surface area contributed by atoms with Crippen LogP contribution in [0.25, 0.3) is 6.08 Å². The highest BCUT2D eigenvalue weighted by molar-refractivity contribution is 8.18. The van der Waals surface area contributed by atoms with Crippen LogP contribution in [0.5, 0.6) is 11.5 Å². The van der Waals surface area contributed by atoms with E-state index in [9.17, 15) is 14.4 Å². The lowest BCUT2D eigenvalue weighted by Gasteiger charge is -2.18. The molecule has 0 unspecified atom stereocenters. The first-order valence-electron chi connectivity index (χ1n) is 9.45. The third-order valence-corrected chi connectivity index (χ3v) is 6.57. The summed E-state index contributed by atoms with van der Waals surface area (Å²) >= 11 is 19.1. The van der Waals surface area contributed by atoms with Crippen molar-refractivity contribution in [3.8, 4) is 11.5 Å². The van der Waals surface area contributed by atoms with Gasteiger partial charge >= 0.3 is 5.97 Å². The smallest absolute Gasteiger partial charge is 0.328 e. The number of hydrogen-bond acceptors (Lipinski definition) is 7. The zero-order valence-electron chi connectivity index (χ0n) is 17.7. The molecular formula is C22H18Cl3NO6S. The second kappa shape index (κ2) is 10.7. The summed E-state index contributed by atoms with van der Waals surface area (Å²) in [6.45, 7) is 1.58. The monoisotopic (exact) mass is 529 g/mol. The van der Waals surface area contributed by atoms with Crippen molar-refractivity contribution in [3.05, 3.63) is 61.4 Å². The second-order valence-electron chi connectivity index (χ2n) is 6.82. The highest BCUT2D eigenvalue weighted by Crippen LogP contribution is 2.40. The molecule has 1 aliphatic rings. The van der Waals surface area contributed by atoms with Crippen molar-refractivity contribution in [1.29, 1.82) is 0 Å². The third-order valence-electron chi connectivity index (χ3n) is 4.67. The molecule has 1 atom stereocenters. The highest BCUT2D eigenvalue weighted by atomic mass is 35.5. The van der Waals surface area contributed by atoms with Gasteiger partial charge in [-0.1, -0.05) is 40.9 Å². The maximum atomic E-state index is 12.7. The molecule has 0 aromatic heterocycles. The molecule has 3 rings (SSSR count).